The van der Waals surface area contributed by atoms with Crippen molar-refractivity contribution in [1.82, 2.24) is 9.62 Å². The van der Waals surface area contributed by atoms with Gasteiger partial charge in [-0.15, -0.1) is 0 Å². The van der Waals surface area contributed by atoms with Crippen LogP contribution >= 0.6 is 0 Å². The van der Waals surface area contributed by atoms with Gasteiger partial charge >= 0.3 is 0 Å². The van der Waals surface area contributed by atoms with Gasteiger partial charge in [-0.2, -0.15) is 9.57 Å². The molecule has 21 heavy (non-hydrogen) atoms. The highest BCUT2D eigenvalue weighted by Crippen LogP contribution is 2.32. The molecule has 0 spiro atoms. The van der Waals surface area contributed by atoms with Crippen LogP contribution in [0.25, 0.3) is 0 Å². The Hall–Kier alpha value is -1.42. The molecule has 1 saturated carbocycles. The van der Waals surface area contributed by atoms with Crippen molar-refractivity contribution < 1.29 is 8.42 Å². The fourth-order valence-corrected chi connectivity index (χ4v) is 3.94. The molecule has 0 heterocycles. The molecule has 0 aliphatic heterocycles. The highest BCUT2D eigenvalue weighted by atomic mass is 32.2. The summed E-state index contributed by atoms with van der Waals surface area (Å²) in [7, 11) is -1.63. The zero-order valence-electron chi connectivity index (χ0n) is 12.4. The molecule has 0 saturated heterocycles. The predicted molar refractivity (Wildman–Crippen MR) is 81.1 cm³/mol. The standard InChI is InChI=1S/C15H21N3O2S/c1-12(17-2)13-4-8-15(9-5-13)21(19,20)18(11-3-10-16)14-6-7-14/h4-5,8-9,12,14,17H,3,6-7,11H2,1-2H3. The van der Waals surface area contributed by atoms with Crippen LogP contribution in [0.15, 0.2) is 29.2 Å². The number of rotatable bonds is 7. The van der Waals surface area contributed by atoms with Crippen molar-refractivity contribution in [2.24, 2.45) is 0 Å². The molecule has 5 nitrogen and oxygen atoms in total. The highest BCUT2D eigenvalue weighted by molar-refractivity contribution is 7.89. The summed E-state index contributed by atoms with van der Waals surface area (Å²) >= 11 is 0. The van der Waals surface area contributed by atoms with Gasteiger partial charge < -0.3 is 5.32 Å². The van der Waals surface area contributed by atoms with Crippen LogP contribution in [0.1, 0.15) is 37.8 Å². The third kappa shape index (κ3) is 3.62. The molecule has 0 amide bonds. The lowest BCUT2D eigenvalue weighted by molar-refractivity contribution is 0.411. The maximum atomic E-state index is 12.7. The molecule has 6 heteroatoms. The Balaban J connectivity index is 2.23. The van der Waals surface area contributed by atoms with Gasteiger partial charge in [-0.1, -0.05) is 12.1 Å². The van der Waals surface area contributed by atoms with E-state index in [1.54, 1.807) is 12.1 Å². The molecule has 2 rings (SSSR count). The van der Waals surface area contributed by atoms with Gasteiger partial charge in [-0.25, -0.2) is 8.42 Å². The Morgan fingerprint density at radius 3 is 2.48 bits per heavy atom. The number of sulfonamides is 1. The number of hydrogen-bond donors (Lipinski definition) is 1. The lowest BCUT2D eigenvalue weighted by Gasteiger charge is -2.21. The minimum absolute atomic E-state index is 0.0688. The quantitative estimate of drug-likeness (QED) is 0.836. The first-order valence-electron chi connectivity index (χ1n) is 7.16. The fraction of sp³-hybridized carbons (Fsp3) is 0.533. The summed E-state index contributed by atoms with van der Waals surface area (Å²) in [5, 5.41) is 11.8. The molecule has 1 aromatic carbocycles. The van der Waals surface area contributed by atoms with E-state index >= 15 is 0 Å². The summed E-state index contributed by atoms with van der Waals surface area (Å²) < 4.78 is 26.8. The van der Waals surface area contributed by atoms with Crippen LogP contribution in [0.5, 0.6) is 0 Å². The molecule has 0 aromatic heterocycles. The molecular weight excluding hydrogens is 286 g/mol. The second-order valence-corrected chi connectivity index (χ2v) is 7.22. The largest absolute Gasteiger partial charge is 0.313 e. The molecule has 1 aliphatic carbocycles. The zero-order chi connectivity index (χ0) is 15.5. The second-order valence-electron chi connectivity index (χ2n) is 5.33. The number of nitriles is 1. The molecule has 0 radical (unpaired) electrons. The van der Waals surface area contributed by atoms with E-state index in [4.69, 9.17) is 5.26 Å². The van der Waals surface area contributed by atoms with E-state index in [2.05, 4.69) is 5.32 Å². The van der Waals surface area contributed by atoms with E-state index < -0.39 is 10.0 Å². The van der Waals surface area contributed by atoms with Crippen LogP contribution < -0.4 is 5.32 Å². The van der Waals surface area contributed by atoms with Crippen LogP contribution in [-0.2, 0) is 10.0 Å². The van der Waals surface area contributed by atoms with Crippen molar-refractivity contribution in [2.75, 3.05) is 13.6 Å². The monoisotopic (exact) mass is 307 g/mol. The Kier molecular flexibility index (Phi) is 4.99. The Morgan fingerprint density at radius 1 is 1.38 bits per heavy atom. The molecule has 1 N–H and O–H groups in total. The van der Waals surface area contributed by atoms with Crippen LogP contribution in [-0.4, -0.2) is 32.4 Å². The molecule has 1 aliphatic rings. The number of benzene rings is 1. The second kappa shape index (κ2) is 6.56. The summed E-state index contributed by atoms with van der Waals surface area (Å²) in [5.74, 6) is 0. The van der Waals surface area contributed by atoms with Crippen molar-refractivity contribution in [1.29, 1.82) is 5.26 Å². The predicted octanol–water partition coefficient (Wildman–Crippen LogP) is 2.03. The van der Waals surface area contributed by atoms with E-state index in [1.165, 1.54) is 4.31 Å². The van der Waals surface area contributed by atoms with Crippen molar-refractivity contribution in [2.45, 2.75) is 43.2 Å². The molecule has 1 unspecified atom stereocenters. The SMILES string of the molecule is CNC(C)c1ccc(S(=O)(=O)N(CCC#N)C2CC2)cc1. The van der Waals surface area contributed by atoms with E-state index in [0.29, 0.717) is 4.90 Å². The number of hydrogen-bond acceptors (Lipinski definition) is 4. The molecule has 114 valence electrons. The van der Waals surface area contributed by atoms with Gasteiger partial charge in [0.25, 0.3) is 0 Å². The van der Waals surface area contributed by atoms with E-state index in [-0.39, 0.29) is 25.0 Å². The minimum Gasteiger partial charge on any atom is -0.313 e. The molecule has 1 fully saturated rings. The summed E-state index contributed by atoms with van der Waals surface area (Å²) in [6, 6.07) is 9.25. The maximum Gasteiger partial charge on any atom is 0.243 e. The molecule has 1 aromatic rings. The lowest BCUT2D eigenvalue weighted by Crippen LogP contribution is -2.34. The van der Waals surface area contributed by atoms with Gasteiger partial charge in [0.15, 0.2) is 0 Å². The van der Waals surface area contributed by atoms with E-state index in [1.807, 2.05) is 32.2 Å². The average molecular weight is 307 g/mol. The zero-order valence-corrected chi connectivity index (χ0v) is 13.2. The van der Waals surface area contributed by atoms with Crippen LogP contribution in [0.3, 0.4) is 0 Å². The first kappa shape index (κ1) is 16.0. The number of nitrogens with zero attached hydrogens (tertiary/aromatic N) is 2. The summed E-state index contributed by atoms with van der Waals surface area (Å²) in [6.45, 7) is 2.30. The van der Waals surface area contributed by atoms with Crippen molar-refractivity contribution >= 4 is 10.0 Å². The Morgan fingerprint density at radius 2 is 2.00 bits per heavy atom. The molecule has 1 atom stereocenters. The van der Waals surface area contributed by atoms with Gasteiger partial charge in [0.05, 0.1) is 11.0 Å². The van der Waals surface area contributed by atoms with Gasteiger partial charge in [0, 0.05) is 25.0 Å². The Labute approximate surface area is 126 Å². The number of nitrogens with one attached hydrogen (secondary N) is 1. The van der Waals surface area contributed by atoms with Crippen molar-refractivity contribution in [3.63, 3.8) is 0 Å². The smallest absolute Gasteiger partial charge is 0.243 e. The highest BCUT2D eigenvalue weighted by Gasteiger charge is 2.37. The topological polar surface area (TPSA) is 73.2 Å². The average Bonchev–Trinajstić information content (AvgIpc) is 3.31. The normalized spacial score (nSPS) is 16.7. The first-order valence-corrected chi connectivity index (χ1v) is 8.60. The van der Waals surface area contributed by atoms with Crippen LogP contribution in [0.4, 0.5) is 0 Å². The fourth-order valence-electron chi connectivity index (χ4n) is 2.25. The molecule has 0 bridgehead atoms. The first-order chi connectivity index (χ1) is 10.0. The summed E-state index contributed by atoms with van der Waals surface area (Å²) in [6.07, 6.45) is 2.00. The van der Waals surface area contributed by atoms with Gasteiger partial charge in [-0.3, -0.25) is 0 Å². The van der Waals surface area contributed by atoms with Gasteiger partial charge in [0.2, 0.25) is 10.0 Å². The van der Waals surface area contributed by atoms with E-state index in [0.717, 1.165) is 18.4 Å². The van der Waals surface area contributed by atoms with Gasteiger partial charge in [0.1, 0.15) is 0 Å². The van der Waals surface area contributed by atoms with Gasteiger partial charge in [-0.05, 0) is 44.5 Å². The lowest BCUT2D eigenvalue weighted by atomic mass is 10.1. The van der Waals surface area contributed by atoms with Crippen molar-refractivity contribution in [3.05, 3.63) is 29.8 Å². The third-order valence-electron chi connectivity index (χ3n) is 3.82. The summed E-state index contributed by atoms with van der Waals surface area (Å²) in [5.41, 5.74) is 1.05. The van der Waals surface area contributed by atoms with Crippen molar-refractivity contribution in [3.8, 4) is 6.07 Å². The minimum atomic E-state index is -3.50. The Bertz CT molecular complexity index is 615. The summed E-state index contributed by atoms with van der Waals surface area (Å²) in [4.78, 5) is 0.305. The third-order valence-corrected chi connectivity index (χ3v) is 5.78. The van der Waals surface area contributed by atoms with E-state index in [9.17, 15) is 8.42 Å². The van der Waals surface area contributed by atoms with Crippen LogP contribution in [0.2, 0.25) is 0 Å². The van der Waals surface area contributed by atoms with Crippen LogP contribution in [0, 0.1) is 11.3 Å². The maximum absolute atomic E-state index is 12.7. The molecular formula is C15H21N3O2S.